The Hall–Kier alpha value is -1.36. The maximum atomic E-state index is 5.90. The molecule has 2 aromatic rings. The van der Waals surface area contributed by atoms with E-state index < -0.39 is 0 Å². The van der Waals surface area contributed by atoms with Gasteiger partial charge in [0.1, 0.15) is 5.82 Å². The zero-order chi connectivity index (χ0) is 11.1. The van der Waals surface area contributed by atoms with Crippen LogP contribution in [0.25, 0.3) is 5.13 Å². The maximum absolute atomic E-state index is 5.90. The lowest BCUT2D eigenvalue weighted by Gasteiger charge is -2.13. The van der Waals surface area contributed by atoms with Crippen LogP contribution in [0.3, 0.4) is 0 Å². The Morgan fingerprint density at radius 1 is 1.40 bits per heavy atom. The van der Waals surface area contributed by atoms with Gasteiger partial charge in [-0.15, -0.1) is 11.3 Å². The van der Waals surface area contributed by atoms with E-state index in [0.29, 0.717) is 5.82 Å². The molecule has 0 saturated heterocycles. The van der Waals surface area contributed by atoms with Gasteiger partial charge in [-0.05, 0) is 0 Å². The molecule has 4 nitrogen and oxygen atoms in total. The highest BCUT2D eigenvalue weighted by Crippen LogP contribution is 2.25. The molecule has 0 saturated carbocycles. The number of hydrogen-bond acceptors (Lipinski definition) is 4. The zero-order valence-electron chi connectivity index (χ0n) is 9.06. The summed E-state index contributed by atoms with van der Waals surface area (Å²) in [7, 11) is 0. The molecule has 0 aromatic carbocycles. The summed E-state index contributed by atoms with van der Waals surface area (Å²) >= 11 is 1.52. The second-order valence-corrected chi connectivity index (χ2v) is 5.30. The maximum Gasteiger partial charge on any atom is 0.212 e. The Labute approximate surface area is 92.8 Å². The summed E-state index contributed by atoms with van der Waals surface area (Å²) in [6.45, 7) is 6.34. The smallest absolute Gasteiger partial charge is 0.212 e. The van der Waals surface area contributed by atoms with Crippen LogP contribution in [0.15, 0.2) is 17.6 Å². The second kappa shape index (κ2) is 3.34. The molecule has 2 rings (SSSR count). The highest BCUT2D eigenvalue weighted by Gasteiger charge is 2.19. The van der Waals surface area contributed by atoms with E-state index in [1.165, 1.54) is 11.3 Å². The van der Waals surface area contributed by atoms with Gasteiger partial charge in [0.25, 0.3) is 0 Å². The van der Waals surface area contributed by atoms with Crippen LogP contribution in [0.1, 0.15) is 26.5 Å². The van der Waals surface area contributed by atoms with E-state index in [-0.39, 0.29) is 5.41 Å². The van der Waals surface area contributed by atoms with Crippen molar-refractivity contribution in [1.82, 2.24) is 14.8 Å². The van der Waals surface area contributed by atoms with Gasteiger partial charge in [0, 0.05) is 23.1 Å². The fourth-order valence-electron chi connectivity index (χ4n) is 1.24. The largest absolute Gasteiger partial charge is 0.383 e. The van der Waals surface area contributed by atoms with Crippen LogP contribution in [0.4, 0.5) is 5.82 Å². The molecule has 0 unspecified atom stereocenters. The van der Waals surface area contributed by atoms with Crippen molar-refractivity contribution in [2.45, 2.75) is 26.2 Å². The van der Waals surface area contributed by atoms with Crippen molar-refractivity contribution in [2.24, 2.45) is 0 Å². The summed E-state index contributed by atoms with van der Waals surface area (Å²) in [5, 5.41) is 7.18. The fraction of sp³-hybridized carbons (Fsp3) is 0.400. The highest BCUT2D eigenvalue weighted by atomic mass is 32.1. The third kappa shape index (κ3) is 1.87. The summed E-state index contributed by atoms with van der Waals surface area (Å²) in [5.74, 6) is 0.634. The van der Waals surface area contributed by atoms with Crippen molar-refractivity contribution in [2.75, 3.05) is 5.73 Å². The van der Waals surface area contributed by atoms with Gasteiger partial charge in [-0.25, -0.2) is 4.98 Å². The molecule has 15 heavy (non-hydrogen) atoms. The van der Waals surface area contributed by atoms with Crippen molar-refractivity contribution in [3.8, 4) is 5.13 Å². The van der Waals surface area contributed by atoms with E-state index in [2.05, 4.69) is 30.9 Å². The first kappa shape index (κ1) is 10.2. The molecule has 0 fully saturated rings. The van der Waals surface area contributed by atoms with Crippen molar-refractivity contribution < 1.29 is 0 Å². The predicted molar refractivity (Wildman–Crippen MR) is 62.3 cm³/mol. The molecule has 0 amide bonds. The van der Waals surface area contributed by atoms with Crippen LogP contribution < -0.4 is 5.73 Å². The molecule has 0 radical (unpaired) electrons. The number of aromatic nitrogens is 3. The van der Waals surface area contributed by atoms with E-state index in [4.69, 9.17) is 5.73 Å². The molecule has 5 heteroatoms. The van der Waals surface area contributed by atoms with Crippen LogP contribution in [-0.2, 0) is 5.41 Å². The minimum absolute atomic E-state index is 0.0105. The Balaban J connectivity index is 2.47. The molecule has 2 N–H and O–H groups in total. The van der Waals surface area contributed by atoms with Crippen molar-refractivity contribution >= 4 is 17.2 Å². The van der Waals surface area contributed by atoms with E-state index in [0.717, 1.165) is 10.8 Å². The van der Waals surface area contributed by atoms with E-state index >= 15 is 0 Å². The van der Waals surface area contributed by atoms with Crippen LogP contribution >= 0.6 is 11.3 Å². The minimum atomic E-state index is 0.0105. The molecule has 0 bridgehead atoms. The minimum Gasteiger partial charge on any atom is -0.383 e. The summed E-state index contributed by atoms with van der Waals surface area (Å²) in [6.07, 6.45) is 1.75. The lowest BCUT2D eigenvalue weighted by Crippen LogP contribution is -2.12. The first-order valence-electron chi connectivity index (χ1n) is 4.74. The van der Waals surface area contributed by atoms with Gasteiger partial charge in [-0.1, -0.05) is 20.8 Å². The Morgan fingerprint density at radius 3 is 2.60 bits per heavy atom. The van der Waals surface area contributed by atoms with Gasteiger partial charge >= 0.3 is 0 Å². The quantitative estimate of drug-likeness (QED) is 0.804. The van der Waals surface area contributed by atoms with Crippen LogP contribution in [0.2, 0.25) is 0 Å². The van der Waals surface area contributed by atoms with E-state index in [1.54, 1.807) is 10.9 Å². The lowest BCUT2D eigenvalue weighted by atomic mass is 9.92. The zero-order valence-corrected chi connectivity index (χ0v) is 9.88. The third-order valence-electron chi connectivity index (χ3n) is 2.11. The molecule has 0 spiro atoms. The predicted octanol–water partition coefficient (Wildman–Crippen LogP) is 2.21. The number of hydrogen-bond donors (Lipinski definition) is 1. The van der Waals surface area contributed by atoms with E-state index in [9.17, 15) is 0 Å². The van der Waals surface area contributed by atoms with Gasteiger partial charge in [0.05, 0.1) is 5.69 Å². The van der Waals surface area contributed by atoms with Crippen LogP contribution in [0.5, 0.6) is 0 Å². The third-order valence-corrected chi connectivity index (χ3v) is 2.85. The van der Waals surface area contributed by atoms with Crippen molar-refractivity contribution in [3.63, 3.8) is 0 Å². The standard InChI is InChI=1S/C10H14N4S/c1-10(2,3)7-6-8(11)14(13-7)9-12-4-5-15-9/h4-6H,11H2,1-3H3. The number of anilines is 1. The molecule has 80 valence electrons. The SMILES string of the molecule is CC(C)(C)c1cc(N)n(-c2nccs2)n1. The van der Waals surface area contributed by atoms with Gasteiger partial charge in [0.15, 0.2) is 0 Å². The first-order chi connectivity index (χ1) is 6.98. The van der Waals surface area contributed by atoms with Crippen molar-refractivity contribution in [3.05, 3.63) is 23.3 Å². The normalized spacial score (nSPS) is 11.9. The molecule has 0 aliphatic carbocycles. The van der Waals surface area contributed by atoms with Gasteiger partial charge in [-0.2, -0.15) is 9.78 Å². The van der Waals surface area contributed by atoms with Crippen LogP contribution in [0, 0.1) is 0 Å². The molecule has 0 atom stereocenters. The molecule has 0 aliphatic rings. The Kier molecular flexibility index (Phi) is 2.26. The number of nitrogen functional groups attached to an aromatic ring is 1. The summed E-state index contributed by atoms with van der Waals surface area (Å²) in [4.78, 5) is 4.18. The highest BCUT2D eigenvalue weighted by molar-refractivity contribution is 7.12. The Bertz CT molecular complexity index is 450. The summed E-state index contributed by atoms with van der Waals surface area (Å²) in [6, 6.07) is 1.90. The number of nitrogens with two attached hydrogens (primary N) is 1. The first-order valence-corrected chi connectivity index (χ1v) is 5.62. The fourth-order valence-corrected chi connectivity index (χ4v) is 1.85. The van der Waals surface area contributed by atoms with Crippen molar-refractivity contribution in [1.29, 1.82) is 0 Å². The molecular formula is C10H14N4S. The lowest BCUT2D eigenvalue weighted by molar-refractivity contribution is 0.560. The molecular weight excluding hydrogens is 208 g/mol. The van der Waals surface area contributed by atoms with Gasteiger partial charge in [-0.3, -0.25) is 0 Å². The average Bonchev–Trinajstić information content (AvgIpc) is 2.69. The average molecular weight is 222 g/mol. The summed E-state index contributed by atoms with van der Waals surface area (Å²) in [5.41, 5.74) is 6.89. The monoisotopic (exact) mass is 222 g/mol. The summed E-state index contributed by atoms with van der Waals surface area (Å²) < 4.78 is 1.69. The molecule has 0 aliphatic heterocycles. The molecule has 2 aromatic heterocycles. The van der Waals surface area contributed by atoms with Gasteiger partial charge in [0.2, 0.25) is 5.13 Å². The molecule has 2 heterocycles. The Morgan fingerprint density at radius 2 is 2.13 bits per heavy atom. The number of rotatable bonds is 1. The number of thiazole rings is 1. The topological polar surface area (TPSA) is 56.7 Å². The second-order valence-electron chi connectivity index (χ2n) is 4.43. The van der Waals surface area contributed by atoms with Gasteiger partial charge < -0.3 is 5.73 Å². The van der Waals surface area contributed by atoms with E-state index in [1.807, 2.05) is 11.4 Å². The van der Waals surface area contributed by atoms with Crippen LogP contribution in [-0.4, -0.2) is 14.8 Å². The number of nitrogens with zero attached hydrogens (tertiary/aromatic N) is 3.